The minimum Gasteiger partial charge on any atom is -0.373 e. The highest BCUT2D eigenvalue weighted by molar-refractivity contribution is 5.95. The lowest BCUT2D eigenvalue weighted by atomic mass is 9.91. The van der Waals surface area contributed by atoms with Crippen LogP contribution in [-0.2, 0) is 4.74 Å². The molecule has 2 saturated heterocycles. The minimum atomic E-state index is -0.300. The molecule has 2 heterocycles. The second-order valence-electron chi connectivity index (χ2n) is 5.98. The fourth-order valence-electron chi connectivity index (χ4n) is 3.39. The molecule has 108 valence electrons. The summed E-state index contributed by atoms with van der Waals surface area (Å²) in [6.07, 6.45) is 2.57. The average Bonchev–Trinajstić information content (AvgIpc) is 2.77. The van der Waals surface area contributed by atoms with Crippen molar-refractivity contribution in [1.82, 2.24) is 4.90 Å². The van der Waals surface area contributed by atoms with Crippen molar-refractivity contribution in [1.29, 1.82) is 0 Å². The molecule has 0 bridgehead atoms. The van der Waals surface area contributed by atoms with E-state index < -0.39 is 0 Å². The second-order valence-corrected chi connectivity index (χ2v) is 5.98. The van der Waals surface area contributed by atoms with Crippen molar-refractivity contribution in [3.63, 3.8) is 0 Å². The highest BCUT2D eigenvalue weighted by Crippen LogP contribution is 2.33. The Kier molecular flexibility index (Phi) is 3.50. The van der Waals surface area contributed by atoms with Gasteiger partial charge in [0.1, 0.15) is 5.82 Å². The van der Waals surface area contributed by atoms with Gasteiger partial charge in [0.15, 0.2) is 0 Å². The van der Waals surface area contributed by atoms with Crippen LogP contribution in [0.25, 0.3) is 0 Å². The molecule has 0 unspecified atom stereocenters. The van der Waals surface area contributed by atoms with Gasteiger partial charge in [-0.1, -0.05) is 0 Å². The average molecular weight is 277 g/mol. The Morgan fingerprint density at radius 1 is 1.45 bits per heavy atom. The lowest BCUT2D eigenvalue weighted by molar-refractivity contribution is 0.00154. The van der Waals surface area contributed by atoms with Gasteiger partial charge in [-0.3, -0.25) is 4.79 Å². The largest absolute Gasteiger partial charge is 0.373 e. The monoisotopic (exact) mass is 277 g/mol. The molecular formula is C16H20FNO2. The molecule has 0 aliphatic carbocycles. The summed E-state index contributed by atoms with van der Waals surface area (Å²) in [5, 5.41) is 0. The number of hydrogen-bond acceptors (Lipinski definition) is 2. The zero-order valence-corrected chi connectivity index (χ0v) is 11.9. The number of carbonyl (C=O) groups is 1. The van der Waals surface area contributed by atoms with Crippen LogP contribution in [0.3, 0.4) is 0 Å². The van der Waals surface area contributed by atoms with Crippen LogP contribution in [0.5, 0.6) is 0 Å². The summed E-state index contributed by atoms with van der Waals surface area (Å²) < 4.78 is 19.0. The van der Waals surface area contributed by atoms with E-state index in [0.29, 0.717) is 29.7 Å². The van der Waals surface area contributed by atoms with Crippen LogP contribution in [0.4, 0.5) is 4.39 Å². The molecule has 1 aromatic carbocycles. The predicted molar refractivity (Wildman–Crippen MR) is 74.1 cm³/mol. The quantitative estimate of drug-likeness (QED) is 0.790. The first-order valence-electron chi connectivity index (χ1n) is 7.25. The van der Waals surface area contributed by atoms with Crippen LogP contribution in [-0.4, -0.2) is 36.1 Å². The molecule has 2 aliphatic heterocycles. The summed E-state index contributed by atoms with van der Waals surface area (Å²) in [4.78, 5) is 14.4. The maximum atomic E-state index is 13.1. The first-order valence-corrected chi connectivity index (χ1v) is 7.25. The number of likely N-dealkylation sites (tertiary alicyclic amines) is 1. The molecule has 0 N–H and O–H groups in total. The van der Waals surface area contributed by atoms with Crippen LogP contribution in [0.1, 0.15) is 35.7 Å². The van der Waals surface area contributed by atoms with Crippen LogP contribution >= 0.6 is 0 Å². The summed E-state index contributed by atoms with van der Waals surface area (Å²) in [5.41, 5.74) is 1.29. The van der Waals surface area contributed by atoms with Gasteiger partial charge in [-0.15, -0.1) is 0 Å². The summed E-state index contributed by atoms with van der Waals surface area (Å²) in [7, 11) is 0. The van der Waals surface area contributed by atoms with Crippen LogP contribution in [0.2, 0.25) is 0 Å². The van der Waals surface area contributed by atoms with Gasteiger partial charge >= 0.3 is 0 Å². The molecule has 1 amide bonds. The lowest BCUT2D eigenvalue weighted by Crippen LogP contribution is -2.45. The number of halogens is 1. The number of fused-ring (bicyclic) bond motifs is 1. The summed E-state index contributed by atoms with van der Waals surface area (Å²) in [6.45, 7) is 5.30. The highest BCUT2D eigenvalue weighted by atomic mass is 19.1. The molecule has 1 aromatic rings. The number of aryl methyl sites for hydroxylation is 1. The highest BCUT2D eigenvalue weighted by Gasteiger charge is 2.38. The summed E-state index contributed by atoms with van der Waals surface area (Å²) >= 11 is 0. The third-order valence-corrected chi connectivity index (χ3v) is 4.44. The summed E-state index contributed by atoms with van der Waals surface area (Å²) in [6, 6.07) is 4.34. The van der Waals surface area contributed by atoms with Crippen molar-refractivity contribution in [2.75, 3.05) is 13.1 Å². The molecular weight excluding hydrogens is 257 g/mol. The fourth-order valence-corrected chi connectivity index (χ4v) is 3.39. The number of benzene rings is 1. The number of ether oxygens (including phenoxy) is 1. The summed E-state index contributed by atoms with van der Waals surface area (Å²) in [5.74, 6) is 0.276. The second kappa shape index (κ2) is 5.17. The van der Waals surface area contributed by atoms with Crippen LogP contribution in [0, 0.1) is 18.7 Å². The zero-order chi connectivity index (χ0) is 14.3. The first-order chi connectivity index (χ1) is 9.54. The van der Waals surface area contributed by atoms with Crippen molar-refractivity contribution in [3.8, 4) is 0 Å². The van der Waals surface area contributed by atoms with Crippen LogP contribution < -0.4 is 0 Å². The number of rotatable bonds is 1. The van der Waals surface area contributed by atoms with Crippen molar-refractivity contribution in [2.45, 2.75) is 38.9 Å². The van der Waals surface area contributed by atoms with Gasteiger partial charge in [-0.25, -0.2) is 4.39 Å². The van der Waals surface area contributed by atoms with E-state index in [1.54, 1.807) is 13.0 Å². The minimum absolute atomic E-state index is 0.0101. The third-order valence-electron chi connectivity index (χ3n) is 4.44. The molecule has 2 aliphatic rings. The van der Waals surface area contributed by atoms with Crippen LogP contribution in [0.15, 0.2) is 18.2 Å². The van der Waals surface area contributed by atoms with E-state index in [-0.39, 0.29) is 17.8 Å². The maximum absolute atomic E-state index is 13.1. The molecule has 3 nitrogen and oxygen atoms in total. The van der Waals surface area contributed by atoms with Gasteiger partial charge < -0.3 is 9.64 Å². The Morgan fingerprint density at radius 2 is 2.25 bits per heavy atom. The molecule has 2 fully saturated rings. The Labute approximate surface area is 118 Å². The van der Waals surface area contributed by atoms with Crippen molar-refractivity contribution in [3.05, 3.63) is 35.1 Å². The van der Waals surface area contributed by atoms with Gasteiger partial charge in [-0.05, 0) is 56.4 Å². The predicted octanol–water partition coefficient (Wildman–Crippen LogP) is 2.77. The van der Waals surface area contributed by atoms with Gasteiger partial charge in [0.2, 0.25) is 0 Å². The molecule has 3 rings (SSSR count). The van der Waals surface area contributed by atoms with E-state index in [2.05, 4.69) is 6.92 Å². The normalized spacial score (nSPS) is 29.4. The van der Waals surface area contributed by atoms with E-state index >= 15 is 0 Å². The van der Waals surface area contributed by atoms with Crippen molar-refractivity contribution in [2.24, 2.45) is 5.92 Å². The third kappa shape index (κ3) is 2.44. The molecule has 0 spiro atoms. The van der Waals surface area contributed by atoms with E-state index in [4.69, 9.17) is 4.74 Å². The Bertz CT molecular complexity index is 531. The molecule has 20 heavy (non-hydrogen) atoms. The first kappa shape index (κ1) is 13.6. The maximum Gasteiger partial charge on any atom is 0.254 e. The molecule has 4 heteroatoms. The van der Waals surface area contributed by atoms with E-state index in [1.807, 2.05) is 4.90 Å². The number of amides is 1. The van der Waals surface area contributed by atoms with Gasteiger partial charge in [-0.2, -0.15) is 0 Å². The molecule has 0 radical (unpaired) electrons. The Hall–Kier alpha value is -1.42. The van der Waals surface area contributed by atoms with E-state index in [1.165, 1.54) is 12.1 Å². The van der Waals surface area contributed by atoms with Gasteiger partial charge in [0.05, 0.1) is 12.2 Å². The van der Waals surface area contributed by atoms with Crippen molar-refractivity contribution >= 4 is 5.91 Å². The topological polar surface area (TPSA) is 29.5 Å². The smallest absolute Gasteiger partial charge is 0.254 e. The Balaban J connectivity index is 1.75. The lowest BCUT2D eigenvalue weighted by Gasteiger charge is -2.34. The number of piperidine rings is 1. The fraction of sp³-hybridized carbons (Fsp3) is 0.562. The SMILES string of the molecule is Cc1cc(F)ccc1C(=O)N1CC[C@H]2C[C@@H](C)O[C@@H]2C1. The number of nitrogens with zero attached hydrogens (tertiary/aromatic N) is 1. The van der Waals surface area contributed by atoms with Crippen molar-refractivity contribution < 1.29 is 13.9 Å². The molecule has 3 atom stereocenters. The molecule has 0 aromatic heterocycles. The number of carbonyl (C=O) groups excluding carboxylic acids is 1. The standard InChI is InChI=1S/C16H20FNO2/c1-10-7-13(17)3-4-14(10)16(19)18-6-5-12-8-11(2)20-15(12)9-18/h3-4,7,11-12,15H,5-6,8-9H2,1-2H3/t11-,12+,15-/m1/s1. The van der Waals surface area contributed by atoms with E-state index in [9.17, 15) is 9.18 Å². The number of hydrogen-bond donors (Lipinski definition) is 0. The Morgan fingerprint density at radius 3 is 3.00 bits per heavy atom. The zero-order valence-electron chi connectivity index (χ0n) is 11.9. The van der Waals surface area contributed by atoms with Gasteiger partial charge in [0, 0.05) is 18.7 Å². The molecule has 0 saturated carbocycles. The van der Waals surface area contributed by atoms with E-state index in [0.717, 1.165) is 19.4 Å². The van der Waals surface area contributed by atoms with Gasteiger partial charge in [0.25, 0.3) is 5.91 Å².